The highest BCUT2D eigenvalue weighted by atomic mass is 16.5. The van der Waals surface area contributed by atoms with Gasteiger partial charge in [0, 0.05) is 45.4 Å². The van der Waals surface area contributed by atoms with Gasteiger partial charge in [0.05, 0.1) is 13.2 Å². The van der Waals surface area contributed by atoms with Gasteiger partial charge in [0.15, 0.2) is 0 Å². The molecule has 0 bridgehead atoms. The summed E-state index contributed by atoms with van der Waals surface area (Å²) in [7, 11) is 3.53. The summed E-state index contributed by atoms with van der Waals surface area (Å²) in [5, 5.41) is 3.56. The number of rotatable bonds is 11. The van der Waals surface area contributed by atoms with E-state index in [9.17, 15) is 0 Å². The Morgan fingerprint density at radius 1 is 1.00 bits per heavy atom. The third-order valence-electron chi connectivity index (χ3n) is 3.46. The molecule has 0 saturated carbocycles. The van der Waals surface area contributed by atoms with E-state index in [1.54, 1.807) is 14.2 Å². The second kappa shape index (κ2) is 10.6. The van der Waals surface area contributed by atoms with E-state index in [2.05, 4.69) is 44.8 Å². The molecule has 0 aromatic rings. The molecule has 0 aromatic heterocycles. The van der Waals surface area contributed by atoms with Gasteiger partial charge in [0.2, 0.25) is 0 Å². The lowest BCUT2D eigenvalue weighted by molar-refractivity contribution is 0.0320. The molecule has 0 spiro atoms. The highest BCUT2D eigenvalue weighted by molar-refractivity contribution is 4.81. The van der Waals surface area contributed by atoms with Crippen LogP contribution in [0.1, 0.15) is 34.6 Å². The van der Waals surface area contributed by atoms with E-state index in [-0.39, 0.29) is 0 Å². The van der Waals surface area contributed by atoms with Gasteiger partial charge in [-0.25, -0.2) is 0 Å². The van der Waals surface area contributed by atoms with Crippen molar-refractivity contribution in [2.45, 2.75) is 52.7 Å². The molecule has 19 heavy (non-hydrogen) atoms. The first-order valence-corrected chi connectivity index (χ1v) is 7.41. The predicted molar refractivity (Wildman–Crippen MR) is 81.7 cm³/mol. The van der Waals surface area contributed by atoms with E-state index in [0.717, 1.165) is 26.3 Å². The molecule has 0 radical (unpaired) electrons. The Bertz CT molecular complexity index is 210. The highest BCUT2D eigenvalue weighted by Crippen LogP contribution is 2.14. The van der Waals surface area contributed by atoms with Crippen molar-refractivity contribution in [2.24, 2.45) is 5.92 Å². The third-order valence-corrected chi connectivity index (χ3v) is 3.46. The van der Waals surface area contributed by atoms with E-state index in [4.69, 9.17) is 9.47 Å². The number of methoxy groups -OCH3 is 2. The molecule has 0 aromatic carbocycles. The fourth-order valence-electron chi connectivity index (χ4n) is 2.34. The van der Waals surface area contributed by atoms with Crippen molar-refractivity contribution in [3.63, 3.8) is 0 Å². The Kier molecular flexibility index (Phi) is 10.5. The number of nitrogens with one attached hydrogen (secondary N) is 1. The van der Waals surface area contributed by atoms with E-state index in [1.807, 2.05) is 0 Å². The summed E-state index contributed by atoms with van der Waals surface area (Å²) < 4.78 is 10.6. The summed E-state index contributed by atoms with van der Waals surface area (Å²) >= 11 is 0. The van der Waals surface area contributed by atoms with E-state index in [0.29, 0.717) is 24.0 Å². The van der Waals surface area contributed by atoms with Crippen LogP contribution in [0.2, 0.25) is 0 Å². The lowest BCUT2D eigenvalue weighted by atomic mass is 10.00. The maximum absolute atomic E-state index is 5.32. The van der Waals surface area contributed by atoms with Crippen LogP contribution in [-0.4, -0.2) is 63.5 Å². The summed E-state index contributed by atoms with van der Waals surface area (Å²) in [5.74, 6) is 0.599. The molecule has 116 valence electrons. The zero-order chi connectivity index (χ0) is 14.8. The Morgan fingerprint density at radius 3 is 2.05 bits per heavy atom. The molecule has 0 aliphatic carbocycles. The van der Waals surface area contributed by atoms with Gasteiger partial charge in [0.1, 0.15) is 0 Å². The number of hydrogen-bond donors (Lipinski definition) is 1. The van der Waals surface area contributed by atoms with Gasteiger partial charge in [-0.2, -0.15) is 0 Å². The zero-order valence-electron chi connectivity index (χ0n) is 13.9. The average Bonchev–Trinajstić information content (AvgIpc) is 2.32. The van der Waals surface area contributed by atoms with Gasteiger partial charge in [-0.15, -0.1) is 0 Å². The predicted octanol–water partition coefficient (Wildman–Crippen LogP) is 1.99. The van der Waals surface area contributed by atoms with Crippen LogP contribution in [0.15, 0.2) is 0 Å². The first-order valence-electron chi connectivity index (χ1n) is 7.41. The van der Waals surface area contributed by atoms with Gasteiger partial charge in [-0.1, -0.05) is 27.7 Å². The van der Waals surface area contributed by atoms with Crippen LogP contribution in [0, 0.1) is 5.92 Å². The molecule has 0 heterocycles. The third kappa shape index (κ3) is 7.88. The summed E-state index contributed by atoms with van der Waals surface area (Å²) in [5.41, 5.74) is 0. The summed E-state index contributed by atoms with van der Waals surface area (Å²) in [4.78, 5) is 2.51. The molecular formula is C15H34N2O2. The second-order valence-corrected chi connectivity index (χ2v) is 5.91. The van der Waals surface area contributed by atoms with Gasteiger partial charge in [-0.3, -0.25) is 4.90 Å². The largest absolute Gasteiger partial charge is 0.383 e. The minimum Gasteiger partial charge on any atom is -0.383 e. The van der Waals surface area contributed by atoms with Crippen molar-refractivity contribution in [1.82, 2.24) is 10.2 Å². The maximum atomic E-state index is 5.32. The molecule has 1 N–H and O–H groups in total. The molecule has 4 nitrogen and oxygen atoms in total. The fourth-order valence-corrected chi connectivity index (χ4v) is 2.34. The van der Waals surface area contributed by atoms with Gasteiger partial charge < -0.3 is 14.8 Å². The van der Waals surface area contributed by atoms with Crippen LogP contribution in [0.3, 0.4) is 0 Å². The molecule has 2 atom stereocenters. The lowest BCUT2D eigenvalue weighted by Gasteiger charge is -2.39. The van der Waals surface area contributed by atoms with Crippen molar-refractivity contribution in [2.75, 3.05) is 40.5 Å². The Labute approximate surface area is 119 Å². The molecule has 0 fully saturated rings. The van der Waals surface area contributed by atoms with Crippen molar-refractivity contribution >= 4 is 0 Å². The summed E-state index contributed by atoms with van der Waals surface area (Å²) in [6.45, 7) is 14.6. The molecule has 2 unspecified atom stereocenters. The van der Waals surface area contributed by atoms with Crippen molar-refractivity contribution in [3.05, 3.63) is 0 Å². The van der Waals surface area contributed by atoms with E-state index < -0.39 is 0 Å². The minimum atomic E-state index is 0.404. The highest BCUT2D eigenvalue weighted by Gasteiger charge is 2.25. The molecule has 0 rings (SSSR count). The maximum Gasteiger partial charge on any atom is 0.0615 e. The van der Waals surface area contributed by atoms with Crippen LogP contribution < -0.4 is 5.32 Å². The fraction of sp³-hybridized carbons (Fsp3) is 1.00. The normalized spacial score (nSPS) is 15.5. The van der Waals surface area contributed by atoms with Gasteiger partial charge >= 0.3 is 0 Å². The van der Waals surface area contributed by atoms with E-state index >= 15 is 0 Å². The van der Waals surface area contributed by atoms with Crippen LogP contribution in [0.5, 0.6) is 0 Å². The smallest absolute Gasteiger partial charge is 0.0615 e. The first kappa shape index (κ1) is 18.8. The topological polar surface area (TPSA) is 33.7 Å². The number of hydrogen-bond acceptors (Lipinski definition) is 4. The number of nitrogens with zero attached hydrogens (tertiary/aromatic N) is 1. The zero-order valence-corrected chi connectivity index (χ0v) is 13.9. The summed E-state index contributed by atoms with van der Waals surface area (Å²) in [6, 6.07) is 1.42. The number of ether oxygens (including phenoxy) is 2. The van der Waals surface area contributed by atoms with Crippen LogP contribution >= 0.6 is 0 Å². The molecule has 0 saturated heterocycles. The molecule has 4 heteroatoms. The lowest BCUT2D eigenvalue weighted by Crippen LogP contribution is -2.52. The summed E-state index contributed by atoms with van der Waals surface area (Å²) in [6.07, 6.45) is 0. The van der Waals surface area contributed by atoms with Gasteiger partial charge in [-0.05, 0) is 12.8 Å². The van der Waals surface area contributed by atoms with Crippen molar-refractivity contribution < 1.29 is 9.47 Å². The standard InChI is InChI=1S/C15H34N2O2/c1-12(2)15(10-16-13(3)4)17(8-9-18-6)14(5)11-19-7/h12-16H,8-11H2,1-7H3. The van der Waals surface area contributed by atoms with Crippen molar-refractivity contribution in [1.29, 1.82) is 0 Å². The monoisotopic (exact) mass is 274 g/mol. The van der Waals surface area contributed by atoms with Gasteiger partial charge in [0.25, 0.3) is 0 Å². The van der Waals surface area contributed by atoms with Crippen LogP contribution in [0.25, 0.3) is 0 Å². The van der Waals surface area contributed by atoms with E-state index in [1.165, 1.54) is 0 Å². The minimum absolute atomic E-state index is 0.404. The molecule has 0 aliphatic heterocycles. The Morgan fingerprint density at radius 2 is 1.63 bits per heavy atom. The second-order valence-electron chi connectivity index (χ2n) is 5.91. The molecular weight excluding hydrogens is 240 g/mol. The first-order chi connectivity index (χ1) is 8.93. The Hall–Kier alpha value is -0.160. The SMILES string of the molecule is COCCN(C(C)COC)C(CNC(C)C)C(C)C. The average molecular weight is 274 g/mol. The van der Waals surface area contributed by atoms with Crippen molar-refractivity contribution in [3.8, 4) is 0 Å². The Balaban J connectivity index is 4.69. The van der Waals surface area contributed by atoms with Crippen LogP contribution in [0.4, 0.5) is 0 Å². The molecule has 0 aliphatic rings. The van der Waals surface area contributed by atoms with Crippen LogP contribution in [-0.2, 0) is 9.47 Å². The molecule has 0 amide bonds. The quantitative estimate of drug-likeness (QED) is 0.625.